The van der Waals surface area contributed by atoms with Crippen molar-refractivity contribution in [3.8, 4) is 5.75 Å². The monoisotopic (exact) mass is 182 g/mol. The van der Waals surface area contributed by atoms with Crippen molar-refractivity contribution in [3.63, 3.8) is 0 Å². The number of hydrogen-bond donors (Lipinski definition) is 1. The summed E-state index contributed by atoms with van der Waals surface area (Å²) in [4.78, 5) is 9.82. The number of benzene rings is 1. The van der Waals surface area contributed by atoms with Gasteiger partial charge >= 0.3 is 0 Å². The standard InChI is InChI=1S/C8H10N2O3/c9-5-6-13-8-3-1-7(2-4-8)10(11)12/h1-4H,5-6,9H2. The molecule has 5 nitrogen and oxygen atoms in total. The quantitative estimate of drug-likeness (QED) is 0.555. The van der Waals surface area contributed by atoms with Crippen LogP contribution < -0.4 is 10.5 Å². The van der Waals surface area contributed by atoms with Gasteiger partial charge in [0.2, 0.25) is 0 Å². The Hall–Kier alpha value is -1.62. The summed E-state index contributed by atoms with van der Waals surface area (Å²) < 4.78 is 5.14. The molecule has 0 heterocycles. The second-order valence-electron chi connectivity index (χ2n) is 2.39. The molecule has 13 heavy (non-hydrogen) atoms. The molecule has 0 aliphatic carbocycles. The third kappa shape index (κ3) is 2.72. The molecular weight excluding hydrogens is 172 g/mol. The van der Waals surface area contributed by atoms with E-state index in [1.54, 1.807) is 12.1 Å². The first-order valence-corrected chi connectivity index (χ1v) is 3.81. The SMILES string of the molecule is NCCOc1ccc([N+](=O)[O-])cc1. The van der Waals surface area contributed by atoms with Gasteiger partial charge in [-0.1, -0.05) is 0 Å². The number of nitrogens with zero attached hydrogens (tertiary/aromatic N) is 1. The fraction of sp³-hybridized carbons (Fsp3) is 0.250. The number of nitrogens with two attached hydrogens (primary N) is 1. The Morgan fingerprint density at radius 3 is 2.46 bits per heavy atom. The molecule has 1 rings (SSSR count). The average molecular weight is 182 g/mol. The van der Waals surface area contributed by atoms with Gasteiger partial charge in [-0.2, -0.15) is 0 Å². The Balaban J connectivity index is 2.64. The van der Waals surface area contributed by atoms with Crippen molar-refractivity contribution in [2.45, 2.75) is 0 Å². The highest BCUT2D eigenvalue weighted by Gasteiger charge is 2.03. The lowest BCUT2D eigenvalue weighted by Gasteiger charge is -2.02. The second kappa shape index (κ2) is 4.42. The Bertz CT molecular complexity index is 284. The first kappa shape index (κ1) is 9.47. The zero-order valence-electron chi connectivity index (χ0n) is 6.97. The van der Waals surface area contributed by atoms with E-state index in [-0.39, 0.29) is 5.69 Å². The molecule has 70 valence electrons. The Kier molecular flexibility index (Phi) is 3.22. The maximum Gasteiger partial charge on any atom is 0.269 e. The fourth-order valence-electron chi connectivity index (χ4n) is 0.841. The van der Waals surface area contributed by atoms with Gasteiger partial charge in [0.1, 0.15) is 12.4 Å². The predicted molar refractivity (Wildman–Crippen MR) is 47.6 cm³/mol. The lowest BCUT2D eigenvalue weighted by molar-refractivity contribution is -0.384. The highest BCUT2D eigenvalue weighted by molar-refractivity contribution is 5.35. The summed E-state index contributed by atoms with van der Waals surface area (Å²) in [6.45, 7) is 0.842. The summed E-state index contributed by atoms with van der Waals surface area (Å²) >= 11 is 0. The number of nitro groups is 1. The van der Waals surface area contributed by atoms with Crippen LogP contribution in [0.5, 0.6) is 5.75 Å². The van der Waals surface area contributed by atoms with Gasteiger partial charge in [0.25, 0.3) is 5.69 Å². The number of hydrogen-bond acceptors (Lipinski definition) is 4. The Morgan fingerprint density at radius 2 is 2.00 bits per heavy atom. The van der Waals surface area contributed by atoms with Crippen LogP contribution in [-0.4, -0.2) is 18.1 Å². The maximum atomic E-state index is 10.3. The van der Waals surface area contributed by atoms with Crippen LogP contribution in [0.4, 0.5) is 5.69 Å². The molecule has 0 aliphatic heterocycles. The summed E-state index contributed by atoms with van der Waals surface area (Å²) in [6, 6.07) is 5.89. The molecule has 0 atom stereocenters. The number of ether oxygens (including phenoxy) is 1. The number of nitro benzene ring substituents is 1. The summed E-state index contributed by atoms with van der Waals surface area (Å²) in [5, 5.41) is 10.3. The van der Waals surface area contributed by atoms with Gasteiger partial charge < -0.3 is 10.5 Å². The maximum absolute atomic E-state index is 10.3. The van der Waals surface area contributed by atoms with Crippen LogP contribution in [0.1, 0.15) is 0 Å². The lowest BCUT2D eigenvalue weighted by atomic mass is 10.3. The lowest BCUT2D eigenvalue weighted by Crippen LogP contribution is -2.10. The highest BCUT2D eigenvalue weighted by Crippen LogP contribution is 2.16. The van der Waals surface area contributed by atoms with E-state index in [1.165, 1.54) is 12.1 Å². The zero-order chi connectivity index (χ0) is 9.68. The van der Waals surface area contributed by atoms with E-state index < -0.39 is 4.92 Å². The molecule has 0 spiro atoms. The molecule has 0 amide bonds. The average Bonchev–Trinajstić information content (AvgIpc) is 2.15. The minimum atomic E-state index is -0.452. The van der Waals surface area contributed by atoms with Crippen LogP contribution in [0.3, 0.4) is 0 Å². The van der Waals surface area contributed by atoms with Crippen LogP contribution in [0.25, 0.3) is 0 Å². The highest BCUT2D eigenvalue weighted by atomic mass is 16.6. The molecule has 0 aromatic heterocycles. The van der Waals surface area contributed by atoms with Gasteiger partial charge in [-0.05, 0) is 12.1 Å². The molecule has 2 N–H and O–H groups in total. The number of rotatable bonds is 4. The van der Waals surface area contributed by atoms with E-state index in [2.05, 4.69) is 0 Å². The molecule has 0 aliphatic rings. The van der Waals surface area contributed by atoms with E-state index in [9.17, 15) is 10.1 Å². The molecule has 0 saturated heterocycles. The van der Waals surface area contributed by atoms with Crippen LogP contribution in [-0.2, 0) is 0 Å². The zero-order valence-corrected chi connectivity index (χ0v) is 6.97. The van der Waals surface area contributed by atoms with Crippen molar-refractivity contribution in [1.29, 1.82) is 0 Å². The van der Waals surface area contributed by atoms with Crippen molar-refractivity contribution >= 4 is 5.69 Å². The van der Waals surface area contributed by atoms with Crippen LogP contribution >= 0.6 is 0 Å². The van der Waals surface area contributed by atoms with E-state index >= 15 is 0 Å². The largest absolute Gasteiger partial charge is 0.492 e. The van der Waals surface area contributed by atoms with Gasteiger partial charge in [0.15, 0.2) is 0 Å². The molecule has 0 saturated carbocycles. The van der Waals surface area contributed by atoms with E-state index in [0.29, 0.717) is 18.9 Å². The van der Waals surface area contributed by atoms with Crippen molar-refractivity contribution in [2.24, 2.45) is 5.73 Å². The van der Waals surface area contributed by atoms with E-state index in [1.807, 2.05) is 0 Å². The van der Waals surface area contributed by atoms with Crippen molar-refractivity contribution in [1.82, 2.24) is 0 Å². The molecule has 0 unspecified atom stereocenters. The first-order valence-electron chi connectivity index (χ1n) is 3.81. The molecule has 1 aromatic carbocycles. The molecular formula is C8H10N2O3. The van der Waals surface area contributed by atoms with Crippen LogP contribution in [0.2, 0.25) is 0 Å². The van der Waals surface area contributed by atoms with Gasteiger partial charge in [0, 0.05) is 18.7 Å². The molecule has 1 aromatic rings. The van der Waals surface area contributed by atoms with Crippen LogP contribution in [0.15, 0.2) is 24.3 Å². The Labute approximate surface area is 75.3 Å². The topological polar surface area (TPSA) is 78.4 Å². The van der Waals surface area contributed by atoms with Gasteiger partial charge in [-0.3, -0.25) is 10.1 Å². The molecule has 5 heteroatoms. The number of non-ortho nitro benzene ring substituents is 1. The van der Waals surface area contributed by atoms with Gasteiger partial charge in [0.05, 0.1) is 4.92 Å². The molecule has 0 bridgehead atoms. The predicted octanol–water partition coefficient (Wildman–Crippen LogP) is 0.932. The minimum absolute atomic E-state index is 0.0556. The van der Waals surface area contributed by atoms with Gasteiger partial charge in [-0.15, -0.1) is 0 Å². The second-order valence-corrected chi connectivity index (χ2v) is 2.39. The van der Waals surface area contributed by atoms with Crippen LogP contribution in [0, 0.1) is 10.1 Å². The first-order chi connectivity index (χ1) is 6.24. The van der Waals surface area contributed by atoms with E-state index in [0.717, 1.165) is 0 Å². The minimum Gasteiger partial charge on any atom is -0.492 e. The summed E-state index contributed by atoms with van der Waals surface area (Å²) in [6.07, 6.45) is 0. The third-order valence-corrected chi connectivity index (χ3v) is 1.43. The van der Waals surface area contributed by atoms with Crippen molar-refractivity contribution in [2.75, 3.05) is 13.2 Å². The third-order valence-electron chi connectivity index (χ3n) is 1.43. The van der Waals surface area contributed by atoms with Crippen molar-refractivity contribution < 1.29 is 9.66 Å². The summed E-state index contributed by atoms with van der Waals surface area (Å²) in [5.41, 5.74) is 5.28. The smallest absolute Gasteiger partial charge is 0.269 e. The van der Waals surface area contributed by atoms with Gasteiger partial charge in [-0.25, -0.2) is 0 Å². The summed E-state index contributed by atoms with van der Waals surface area (Å²) in [7, 11) is 0. The van der Waals surface area contributed by atoms with E-state index in [4.69, 9.17) is 10.5 Å². The Morgan fingerprint density at radius 1 is 1.38 bits per heavy atom. The normalized spacial score (nSPS) is 9.62. The fourth-order valence-corrected chi connectivity index (χ4v) is 0.841. The van der Waals surface area contributed by atoms with Crippen molar-refractivity contribution in [3.05, 3.63) is 34.4 Å². The summed E-state index contributed by atoms with van der Waals surface area (Å²) in [5.74, 6) is 0.594. The molecule has 0 radical (unpaired) electrons. The molecule has 0 fully saturated rings.